The number of sulfonamides is 1. The molecule has 0 radical (unpaired) electrons. The zero-order chi connectivity index (χ0) is 21.2. The summed E-state index contributed by atoms with van der Waals surface area (Å²) in [6.07, 6.45) is 6.86. The van der Waals surface area contributed by atoms with E-state index in [0.29, 0.717) is 38.2 Å². The van der Waals surface area contributed by atoms with Crippen molar-refractivity contribution >= 4 is 15.9 Å². The molecule has 2 saturated heterocycles. The predicted octanol–water partition coefficient (Wildman–Crippen LogP) is 2.42. The van der Waals surface area contributed by atoms with Crippen LogP contribution in [-0.4, -0.2) is 51.0 Å². The molecule has 3 aliphatic rings. The fourth-order valence-electron chi connectivity index (χ4n) is 5.15. The van der Waals surface area contributed by atoms with Crippen molar-refractivity contribution in [1.82, 2.24) is 9.62 Å². The van der Waals surface area contributed by atoms with Crippen molar-refractivity contribution in [3.8, 4) is 6.07 Å². The number of hydrogen-bond acceptors (Lipinski definition) is 5. The number of rotatable bonds is 4. The number of nitrogens with zero attached hydrogens (tertiary/aromatic N) is 2. The van der Waals surface area contributed by atoms with Gasteiger partial charge in [-0.3, -0.25) is 4.79 Å². The van der Waals surface area contributed by atoms with E-state index in [9.17, 15) is 13.2 Å². The van der Waals surface area contributed by atoms with Crippen molar-refractivity contribution in [3.05, 3.63) is 29.8 Å². The minimum absolute atomic E-state index is 0.0127. The Kier molecular flexibility index (Phi) is 6.14. The molecule has 1 aromatic carbocycles. The molecule has 2 aliphatic heterocycles. The van der Waals surface area contributed by atoms with Crippen LogP contribution in [0.1, 0.15) is 50.5 Å². The van der Waals surface area contributed by atoms with E-state index in [2.05, 4.69) is 5.32 Å². The zero-order valence-corrected chi connectivity index (χ0v) is 18.0. The summed E-state index contributed by atoms with van der Waals surface area (Å²) in [5.74, 6) is -0.377. The molecule has 162 valence electrons. The molecule has 0 bridgehead atoms. The quantitative estimate of drug-likeness (QED) is 0.789. The van der Waals surface area contributed by atoms with Gasteiger partial charge in [0.25, 0.3) is 0 Å². The monoisotopic (exact) mass is 431 g/mol. The molecule has 1 N–H and O–H groups in total. The second-order valence-corrected chi connectivity index (χ2v) is 10.7. The molecule has 1 atom stereocenters. The van der Waals surface area contributed by atoms with Crippen molar-refractivity contribution in [1.29, 1.82) is 5.26 Å². The number of hydrogen-bond donors (Lipinski definition) is 1. The third-order valence-corrected chi connectivity index (χ3v) is 8.82. The molecular weight excluding hydrogens is 402 g/mol. The maximum absolute atomic E-state index is 13.3. The third-order valence-electron chi connectivity index (χ3n) is 6.99. The van der Waals surface area contributed by atoms with Crippen molar-refractivity contribution in [2.24, 2.45) is 11.3 Å². The Balaban J connectivity index is 1.57. The number of ether oxygens (including phenoxy) is 1. The number of carbonyl (C=O) groups excluding carboxylic acids is 1. The molecule has 0 aromatic heterocycles. The van der Waals surface area contributed by atoms with Gasteiger partial charge in [-0.15, -0.1) is 0 Å². The fourth-order valence-corrected chi connectivity index (χ4v) is 6.70. The Morgan fingerprint density at radius 1 is 1.13 bits per heavy atom. The maximum atomic E-state index is 13.3. The Hall–Kier alpha value is -1.95. The van der Waals surface area contributed by atoms with Crippen molar-refractivity contribution in [3.63, 3.8) is 0 Å². The minimum atomic E-state index is -3.74. The Morgan fingerprint density at radius 2 is 1.80 bits per heavy atom. The highest BCUT2D eigenvalue weighted by molar-refractivity contribution is 7.89. The van der Waals surface area contributed by atoms with E-state index in [1.807, 2.05) is 6.07 Å². The van der Waals surface area contributed by atoms with Gasteiger partial charge in [0.1, 0.15) is 0 Å². The minimum Gasteiger partial charge on any atom is -0.381 e. The number of nitrogens with one attached hydrogen (secondary N) is 1. The first-order valence-electron chi connectivity index (χ1n) is 10.8. The third kappa shape index (κ3) is 4.11. The van der Waals surface area contributed by atoms with Gasteiger partial charge in [-0.05, 0) is 49.9 Å². The van der Waals surface area contributed by atoms with E-state index in [0.717, 1.165) is 25.7 Å². The van der Waals surface area contributed by atoms with Crippen LogP contribution in [0.3, 0.4) is 0 Å². The number of nitriles is 1. The molecule has 2 heterocycles. The number of carbonyl (C=O) groups is 1. The molecular formula is C22H29N3O4S. The summed E-state index contributed by atoms with van der Waals surface area (Å²) < 4.78 is 33.6. The van der Waals surface area contributed by atoms with E-state index < -0.39 is 10.0 Å². The van der Waals surface area contributed by atoms with Gasteiger partial charge in [0.2, 0.25) is 15.9 Å². The highest BCUT2D eigenvalue weighted by Crippen LogP contribution is 2.46. The molecule has 4 rings (SSSR count). The highest BCUT2D eigenvalue weighted by atomic mass is 32.2. The maximum Gasteiger partial charge on any atom is 0.243 e. The van der Waals surface area contributed by atoms with Crippen LogP contribution < -0.4 is 5.32 Å². The lowest BCUT2D eigenvalue weighted by Crippen LogP contribution is -2.47. The van der Waals surface area contributed by atoms with Gasteiger partial charge in [0, 0.05) is 37.8 Å². The Bertz CT molecular complexity index is 911. The van der Waals surface area contributed by atoms with Gasteiger partial charge in [0.15, 0.2) is 0 Å². The summed E-state index contributed by atoms with van der Waals surface area (Å²) in [7, 11) is -3.74. The summed E-state index contributed by atoms with van der Waals surface area (Å²) >= 11 is 0. The van der Waals surface area contributed by atoms with Gasteiger partial charge >= 0.3 is 0 Å². The normalized spacial score (nSPS) is 25.1. The van der Waals surface area contributed by atoms with E-state index in [1.165, 1.54) is 35.0 Å². The molecule has 1 aromatic rings. The Morgan fingerprint density at radius 3 is 2.43 bits per heavy atom. The first-order chi connectivity index (χ1) is 14.4. The second kappa shape index (κ2) is 8.66. The number of amides is 1. The first kappa shape index (κ1) is 21.3. The largest absolute Gasteiger partial charge is 0.381 e. The van der Waals surface area contributed by atoms with Crippen LogP contribution in [-0.2, 0) is 19.6 Å². The van der Waals surface area contributed by atoms with Crippen LogP contribution in [0.2, 0.25) is 0 Å². The van der Waals surface area contributed by atoms with E-state index in [4.69, 9.17) is 10.00 Å². The Labute approximate surface area is 178 Å². The van der Waals surface area contributed by atoms with Crippen LogP contribution in [0.5, 0.6) is 0 Å². The van der Waals surface area contributed by atoms with Crippen molar-refractivity contribution in [2.45, 2.75) is 55.9 Å². The zero-order valence-electron chi connectivity index (χ0n) is 17.2. The van der Waals surface area contributed by atoms with Gasteiger partial charge in [-0.1, -0.05) is 19.3 Å². The lowest BCUT2D eigenvalue weighted by molar-refractivity contribution is -0.130. The average molecular weight is 432 g/mol. The standard InChI is InChI=1S/C22H29N3O4S/c23-14-17-6-8-19(9-7-17)30(27,28)25-15-20(22(16-25)10-12-29-13-11-22)21(26)24-18-4-2-1-3-5-18/h6-9,18,20H,1-5,10-13,15-16H2,(H,24,26). The van der Waals surface area contributed by atoms with Gasteiger partial charge in [0.05, 0.1) is 22.4 Å². The summed E-state index contributed by atoms with van der Waals surface area (Å²) in [5.41, 5.74) is 0.0393. The average Bonchev–Trinajstić information content (AvgIpc) is 3.14. The summed E-state index contributed by atoms with van der Waals surface area (Å²) in [5, 5.41) is 12.2. The lowest BCUT2D eigenvalue weighted by atomic mass is 9.71. The van der Waals surface area contributed by atoms with Crippen molar-refractivity contribution < 1.29 is 17.9 Å². The summed E-state index contributed by atoms with van der Waals surface area (Å²) in [6.45, 7) is 1.64. The molecule has 1 amide bonds. The second-order valence-electron chi connectivity index (χ2n) is 8.80. The van der Waals surface area contributed by atoms with Crippen LogP contribution in [0, 0.1) is 22.7 Å². The van der Waals surface area contributed by atoms with Crippen LogP contribution >= 0.6 is 0 Å². The van der Waals surface area contributed by atoms with Crippen LogP contribution in [0.15, 0.2) is 29.2 Å². The van der Waals surface area contributed by atoms with Crippen LogP contribution in [0.25, 0.3) is 0 Å². The van der Waals surface area contributed by atoms with E-state index >= 15 is 0 Å². The van der Waals surface area contributed by atoms with Gasteiger partial charge in [-0.25, -0.2) is 8.42 Å². The van der Waals surface area contributed by atoms with E-state index in [-0.39, 0.29) is 34.7 Å². The van der Waals surface area contributed by atoms with E-state index in [1.54, 1.807) is 0 Å². The first-order valence-corrected chi connectivity index (χ1v) is 12.3. The molecule has 1 saturated carbocycles. The lowest BCUT2D eigenvalue weighted by Gasteiger charge is -2.38. The fraction of sp³-hybridized carbons (Fsp3) is 0.636. The molecule has 1 spiro atoms. The number of benzene rings is 1. The van der Waals surface area contributed by atoms with Crippen LogP contribution in [0.4, 0.5) is 0 Å². The van der Waals surface area contributed by atoms with Gasteiger partial charge in [-0.2, -0.15) is 9.57 Å². The smallest absolute Gasteiger partial charge is 0.243 e. The SMILES string of the molecule is N#Cc1ccc(S(=O)(=O)N2CC(C(=O)NC3CCCCC3)C3(CCOCC3)C2)cc1. The highest BCUT2D eigenvalue weighted by Gasteiger charge is 2.53. The predicted molar refractivity (Wildman–Crippen MR) is 111 cm³/mol. The summed E-state index contributed by atoms with van der Waals surface area (Å²) in [6, 6.07) is 8.18. The topological polar surface area (TPSA) is 99.5 Å². The molecule has 3 fully saturated rings. The molecule has 1 unspecified atom stereocenters. The van der Waals surface area contributed by atoms with Crippen molar-refractivity contribution in [2.75, 3.05) is 26.3 Å². The molecule has 1 aliphatic carbocycles. The molecule has 8 heteroatoms. The molecule has 7 nitrogen and oxygen atoms in total. The molecule has 30 heavy (non-hydrogen) atoms. The summed E-state index contributed by atoms with van der Waals surface area (Å²) in [4.78, 5) is 13.4. The van der Waals surface area contributed by atoms with Gasteiger partial charge < -0.3 is 10.1 Å².